The zero-order chi connectivity index (χ0) is 16.8. The molecule has 0 fully saturated rings. The van der Waals surface area contributed by atoms with Gasteiger partial charge in [-0.1, -0.05) is 26.0 Å². The van der Waals surface area contributed by atoms with Gasteiger partial charge in [0, 0.05) is 0 Å². The zero-order valence-electron chi connectivity index (χ0n) is 13.9. The van der Waals surface area contributed by atoms with Gasteiger partial charge in [-0.15, -0.1) is 0 Å². The molecular weight excluding hydrogens is 302 g/mol. The Kier molecular flexibility index (Phi) is 5.11. The topological polar surface area (TPSA) is 59.6 Å². The fourth-order valence-electron chi connectivity index (χ4n) is 2.14. The maximum atomic E-state index is 5.69. The Morgan fingerprint density at radius 1 is 1.17 bits per heavy atom. The highest BCUT2D eigenvalue weighted by atomic mass is 16.5. The van der Waals surface area contributed by atoms with Crippen LogP contribution in [0.25, 0.3) is 11.1 Å². The first-order chi connectivity index (χ1) is 11.7. The van der Waals surface area contributed by atoms with Gasteiger partial charge < -0.3 is 9.15 Å². The highest BCUT2D eigenvalue weighted by Crippen LogP contribution is 2.18. The Hall–Kier alpha value is -2.82. The number of hydrogen-bond acceptors (Lipinski definition) is 5. The van der Waals surface area contributed by atoms with Crippen LogP contribution in [0.2, 0.25) is 0 Å². The van der Waals surface area contributed by atoms with Crippen molar-refractivity contribution in [2.45, 2.75) is 20.3 Å². The summed E-state index contributed by atoms with van der Waals surface area (Å²) in [6, 6.07) is 15.8. The number of benzene rings is 2. The largest absolute Gasteiger partial charge is 0.494 e. The van der Waals surface area contributed by atoms with Crippen LogP contribution in [0.5, 0.6) is 5.75 Å². The predicted octanol–water partition coefficient (Wildman–Crippen LogP) is 4.70. The van der Waals surface area contributed by atoms with Crippen LogP contribution in [0.15, 0.2) is 58.0 Å². The van der Waals surface area contributed by atoms with Gasteiger partial charge in [0.2, 0.25) is 0 Å². The van der Waals surface area contributed by atoms with E-state index in [0.29, 0.717) is 11.9 Å². The lowest BCUT2D eigenvalue weighted by molar-refractivity contribution is 0.289. The van der Waals surface area contributed by atoms with E-state index in [2.05, 4.69) is 29.4 Å². The molecule has 5 nitrogen and oxygen atoms in total. The monoisotopic (exact) mass is 323 g/mol. The fraction of sp³-hybridized carbons (Fsp3) is 0.263. The number of nitrogens with zero attached hydrogens (tertiary/aromatic N) is 2. The van der Waals surface area contributed by atoms with E-state index in [4.69, 9.17) is 9.15 Å². The first-order valence-electron chi connectivity index (χ1n) is 8.08. The minimum absolute atomic E-state index is 0.376. The smallest absolute Gasteiger partial charge is 0.316 e. The highest BCUT2D eigenvalue weighted by molar-refractivity contribution is 5.80. The first-order valence-corrected chi connectivity index (χ1v) is 8.08. The SMILES string of the molecule is CC(C)CCOc1ccc(/C=N\Nc2nc3ccccc3o2)cc1. The average molecular weight is 323 g/mol. The second-order valence-corrected chi connectivity index (χ2v) is 5.96. The molecule has 1 heterocycles. The minimum atomic E-state index is 0.376. The van der Waals surface area contributed by atoms with Crippen LogP contribution in [-0.4, -0.2) is 17.8 Å². The third kappa shape index (κ3) is 4.35. The van der Waals surface area contributed by atoms with Crippen molar-refractivity contribution in [1.29, 1.82) is 0 Å². The fourth-order valence-corrected chi connectivity index (χ4v) is 2.14. The third-order valence-corrected chi connectivity index (χ3v) is 3.51. The van der Waals surface area contributed by atoms with E-state index in [1.54, 1.807) is 6.21 Å². The van der Waals surface area contributed by atoms with E-state index in [9.17, 15) is 0 Å². The summed E-state index contributed by atoms with van der Waals surface area (Å²) in [6.07, 6.45) is 2.77. The van der Waals surface area contributed by atoms with Gasteiger partial charge in [-0.25, -0.2) is 5.43 Å². The molecule has 3 rings (SSSR count). The van der Waals surface area contributed by atoms with Crippen LogP contribution in [0, 0.1) is 5.92 Å². The van der Waals surface area contributed by atoms with E-state index in [-0.39, 0.29) is 0 Å². The van der Waals surface area contributed by atoms with Gasteiger partial charge in [0.15, 0.2) is 5.58 Å². The summed E-state index contributed by atoms with van der Waals surface area (Å²) in [6.45, 7) is 5.12. The number of nitrogens with one attached hydrogen (secondary N) is 1. The van der Waals surface area contributed by atoms with Gasteiger partial charge >= 0.3 is 6.01 Å². The molecule has 3 aromatic rings. The molecule has 0 aliphatic rings. The van der Waals surface area contributed by atoms with Crippen molar-refractivity contribution < 1.29 is 9.15 Å². The molecule has 0 spiro atoms. The summed E-state index contributed by atoms with van der Waals surface area (Å²) in [5.41, 5.74) is 5.31. The molecule has 2 aromatic carbocycles. The van der Waals surface area contributed by atoms with Crippen molar-refractivity contribution in [1.82, 2.24) is 4.98 Å². The molecule has 5 heteroatoms. The standard InChI is InChI=1S/C19H21N3O2/c1-14(2)11-12-23-16-9-7-15(8-10-16)13-20-22-19-21-17-5-3-4-6-18(17)24-19/h3-10,13-14H,11-12H2,1-2H3,(H,21,22)/b20-13-. The second kappa shape index (κ2) is 7.64. The molecule has 24 heavy (non-hydrogen) atoms. The third-order valence-electron chi connectivity index (χ3n) is 3.51. The molecule has 1 N–H and O–H groups in total. The molecule has 0 unspecified atom stereocenters. The molecule has 0 saturated heterocycles. The van der Waals surface area contributed by atoms with E-state index in [0.717, 1.165) is 35.4 Å². The van der Waals surface area contributed by atoms with Crippen molar-refractivity contribution in [2.75, 3.05) is 12.0 Å². The first kappa shape index (κ1) is 16.1. The lowest BCUT2D eigenvalue weighted by Gasteiger charge is -2.07. The van der Waals surface area contributed by atoms with Crippen LogP contribution >= 0.6 is 0 Å². The number of oxazole rings is 1. The number of fused-ring (bicyclic) bond motifs is 1. The van der Waals surface area contributed by atoms with Crippen molar-refractivity contribution in [3.63, 3.8) is 0 Å². The lowest BCUT2D eigenvalue weighted by Crippen LogP contribution is -2.01. The van der Waals surface area contributed by atoms with Crippen LogP contribution < -0.4 is 10.2 Å². The molecular formula is C19H21N3O2. The van der Waals surface area contributed by atoms with Crippen molar-refractivity contribution >= 4 is 23.3 Å². The van der Waals surface area contributed by atoms with Crippen molar-refractivity contribution in [2.24, 2.45) is 11.0 Å². The lowest BCUT2D eigenvalue weighted by atomic mass is 10.1. The Labute approximate surface area is 141 Å². The summed E-state index contributed by atoms with van der Waals surface area (Å²) in [5.74, 6) is 1.52. The highest BCUT2D eigenvalue weighted by Gasteiger charge is 2.02. The number of anilines is 1. The summed E-state index contributed by atoms with van der Waals surface area (Å²) >= 11 is 0. The van der Waals surface area contributed by atoms with Crippen LogP contribution in [0.4, 0.5) is 6.01 Å². The molecule has 124 valence electrons. The van der Waals surface area contributed by atoms with E-state index in [1.165, 1.54) is 0 Å². The molecule has 0 aliphatic heterocycles. The van der Waals surface area contributed by atoms with E-state index >= 15 is 0 Å². The molecule has 0 saturated carbocycles. The molecule has 1 aromatic heterocycles. The Bertz CT molecular complexity index is 774. The Balaban J connectivity index is 1.54. The average Bonchev–Trinajstić information content (AvgIpc) is 2.99. The summed E-state index contributed by atoms with van der Waals surface area (Å²) < 4.78 is 11.2. The van der Waals surface area contributed by atoms with Crippen molar-refractivity contribution in [3.8, 4) is 5.75 Å². The van der Waals surface area contributed by atoms with E-state index < -0.39 is 0 Å². The normalized spacial score (nSPS) is 11.5. The predicted molar refractivity (Wildman–Crippen MR) is 96.6 cm³/mol. The van der Waals surface area contributed by atoms with Gasteiger partial charge in [0.1, 0.15) is 11.3 Å². The Morgan fingerprint density at radius 2 is 1.96 bits per heavy atom. The van der Waals surface area contributed by atoms with Crippen molar-refractivity contribution in [3.05, 3.63) is 54.1 Å². The number of aromatic nitrogens is 1. The quantitative estimate of drug-likeness (QED) is 0.506. The summed E-state index contributed by atoms with van der Waals surface area (Å²) in [5, 5.41) is 4.15. The van der Waals surface area contributed by atoms with Gasteiger partial charge in [0.25, 0.3) is 0 Å². The van der Waals surface area contributed by atoms with Crippen LogP contribution in [0.3, 0.4) is 0 Å². The number of rotatable bonds is 7. The minimum Gasteiger partial charge on any atom is -0.494 e. The Morgan fingerprint density at radius 3 is 2.71 bits per heavy atom. The molecule has 0 amide bonds. The molecule has 0 radical (unpaired) electrons. The van der Waals surface area contributed by atoms with E-state index in [1.807, 2.05) is 48.5 Å². The van der Waals surface area contributed by atoms with Crippen LogP contribution in [0.1, 0.15) is 25.8 Å². The number of hydrogen-bond donors (Lipinski definition) is 1. The molecule has 0 bridgehead atoms. The maximum Gasteiger partial charge on any atom is 0.316 e. The molecule has 0 aliphatic carbocycles. The van der Waals surface area contributed by atoms with Gasteiger partial charge in [-0.3, -0.25) is 0 Å². The van der Waals surface area contributed by atoms with Gasteiger partial charge in [-0.05, 0) is 54.3 Å². The summed E-state index contributed by atoms with van der Waals surface area (Å²) in [4.78, 5) is 4.29. The number of para-hydroxylation sites is 2. The van der Waals surface area contributed by atoms with Gasteiger partial charge in [0.05, 0.1) is 12.8 Å². The second-order valence-electron chi connectivity index (χ2n) is 5.96. The van der Waals surface area contributed by atoms with Gasteiger partial charge in [-0.2, -0.15) is 10.1 Å². The summed E-state index contributed by atoms with van der Waals surface area (Å²) in [7, 11) is 0. The molecule has 0 atom stereocenters. The van der Waals surface area contributed by atoms with Crippen LogP contribution in [-0.2, 0) is 0 Å². The zero-order valence-corrected chi connectivity index (χ0v) is 13.9. The number of ether oxygens (including phenoxy) is 1. The maximum absolute atomic E-state index is 5.69. The number of hydrazone groups is 1.